The van der Waals surface area contributed by atoms with E-state index >= 15 is 0 Å². The van der Waals surface area contributed by atoms with Crippen molar-refractivity contribution in [2.75, 3.05) is 14.2 Å². The third kappa shape index (κ3) is 4.11. The second-order valence-corrected chi connectivity index (χ2v) is 5.70. The van der Waals surface area contributed by atoms with E-state index in [1.807, 2.05) is 7.05 Å². The lowest BCUT2D eigenvalue weighted by Gasteiger charge is -2.27. The molecule has 0 radical (unpaired) electrons. The molecule has 1 N–H and O–H groups in total. The molecule has 0 spiro atoms. The summed E-state index contributed by atoms with van der Waals surface area (Å²) in [5, 5.41) is 3.43. The summed E-state index contributed by atoms with van der Waals surface area (Å²) in [4.78, 5) is 0. The van der Waals surface area contributed by atoms with Gasteiger partial charge in [0.05, 0.1) is 5.60 Å². The molecular formula is C16H27NO. The van der Waals surface area contributed by atoms with E-state index in [9.17, 15) is 0 Å². The third-order valence-electron chi connectivity index (χ3n) is 3.75. The molecule has 2 nitrogen and oxygen atoms in total. The van der Waals surface area contributed by atoms with Crippen molar-refractivity contribution >= 4 is 0 Å². The van der Waals surface area contributed by atoms with Crippen molar-refractivity contribution in [2.24, 2.45) is 0 Å². The molecule has 0 amide bonds. The van der Waals surface area contributed by atoms with Gasteiger partial charge in [-0.15, -0.1) is 0 Å². The quantitative estimate of drug-likeness (QED) is 0.828. The normalized spacial score (nSPS) is 13.7. The molecule has 0 heterocycles. The molecule has 0 bridgehead atoms. The molecule has 18 heavy (non-hydrogen) atoms. The maximum absolute atomic E-state index is 5.49. The summed E-state index contributed by atoms with van der Waals surface area (Å²) < 4.78 is 5.49. The van der Waals surface area contributed by atoms with Gasteiger partial charge in [0.2, 0.25) is 0 Å². The number of aryl methyl sites for hydroxylation is 2. The number of ether oxygens (including phenoxy) is 1. The maximum Gasteiger partial charge on any atom is 0.0623 e. The van der Waals surface area contributed by atoms with Gasteiger partial charge in [0.15, 0.2) is 0 Å². The van der Waals surface area contributed by atoms with Gasteiger partial charge >= 0.3 is 0 Å². The average Bonchev–Trinajstić information content (AvgIpc) is 2.34. The van der Waals surface area contributed by atoms with E-state index < -0.39 is 0 Å². The van der Waals surface area contributed by atoms with Crippen molar-refractivity contribution < 1.29 is 4.74 Å². The van der Waals surface area contributed by atoms with E-state index in [-0.39, 0.29) is 5.60 Å². The molecule has 2 heteroatoms. The van der Waals surface area contributed by atoms with Gasteiger partial charge < -0.3 is 10.1 Å². The second kappa shape index (κ2) is 6.35. The Bertz CT molecular complexity index is 385. The van der Waals surface area contributed by atoms with Crippen LogP contribution >= 0.6 is 0 Å². The number of methoxy groups -OCH3 is 1. The zero-order valence-corrected chi connectivity index (χ0v) is 12.6. The Morgan fingerprint density at radius 1 is 1.28 bits per heavy atom. The predicted octanol–water partition coefficient (Wildman–Crippen LogP) is 3.77. The molecule has 1 aromatic rings. The molecule has 0 aliphatic heterocycles. The molecule has 102 valence electrons. The Labute approximate surface area is 112 Å². The summed E-state index contributed by atoms with van der Waals surface area (Å²) in [5.74, 6) is 0. The van der Waals surface area contributed by atoms with E-state index in [2.05, 4.69) is 51.2 Å². The van der Waals surface area contributed by atoms with Crippen molar-refractivity contribution in [1.82, 2.24) is 5.32 Å². The van der Waals surface area contributed by atoms with Crippen LogP contribution < -0.4 is 5.32 Å². The lowest BCUT2D eigenvalue weighted by molar-refractivity contribution is 0.0118. The van der Waals surface area contributed by atoms with Gasteiger partial charge in [-0.25, -0.2) is 0 Å². The highest BCUT2D eigenvalue weighted by Crippen LogP contribution is 2.26. The first-order valence-electron chi connectivity index (χ1n) is 6.69. The molecule has 0 saturated heterocycles. The minimum Gasteiger partial charge on any atom is -0.379 e. The molecular weight excluding hydrogens is 222 g/mol. The lowest BCUT2D eigenvalue weighted by atomic mass is 9.92. The highest BCUT2D eigenvalue weighted by Gasteiger charge is 2.20. The Balaban J connectivity index is 2.80. The Morgan fingerprint density at radius 3 is 2.50 bits per heavy atom. The standard InChI is InChI=1S/C16H27NO/c1-12-7-8-13(2)14(11-12)15(17-5)9-10-16(3,4)18-6/h7-8,11,15,17H,9-10H2,1-6H3. The van der Waals surface area contributed by atoms with Crippen molar-refractivity contribution in [2.45, 2.75) is 52.2 Å². The molecule has 0 aromatic heterocycles. The summed E-state index contributed by atoms with van der Waals surface area (Å²) in [6, 6.07) is 7.07. The first kappa shape index (κ1) is 15.2. The van der Waals surface area contributed by atoms with Crippen LogP contribution in [0.5, 0.6) is 0 Å². The number of nitrogens with one attached hydrogen (secondary N) is 1. The first-order chi connectivity index (χ1) is 8.39. The molecule has 1 unspecified atom stereocenters. The van der Waals surface area contributed by atoms with E-state index in [0.717, 1.165) is 12.8 Å². The number of benzene rings is 1. The van der Waals surface area contributed by atoms with Crippen LogP contribution in [-0.4, -0.2) is 19.8 Å². The topological polar surface area (TPSA) is 21.3 Å². The first-order valence-corrected chi connectivity index (χ1v) is 6.69. The lowest BCUT2D eigenvalue weighted by Crippen LogP contribution is -2.26. The van der Waals surface area contributed by atoms with Gasteiger partial charge in [0.1, 0.15) is 0 Å². The van der Waals surface area contributed by atoms with Gasteiger partial charge in [0, 0.05) is 13.2 Å². The monoisotopic (exact) mass is 249 g/mol. The van der Waals surface area contributed by atoms with Gasteiger partial charge in [-0.1, -0.05) is 23.8 Å². The van der Waals surface area contributed by atoms with Crippen LogP contribution in [0.1, 0.15) is 49.4 Å². The van der Waals surface area contributed by atoms with Gasteiger partial charge in [-0.3, -0.25) is 0 Å². The minimum atomic E-state index is -0.0488. The zero-order chi connectivity index (χ0) is 13.8. The summed E-state index contributed by atoms with van der Waals surface area (Å²) in [6.45, 7) is 8.61. The van der Waals surface area contributed by atoms with Crippen LogP contribution in [0.4, 0.5) is 0 Å². The second-order valence-electron chi connectivity index (χ2n) is 5.70. The third-order valence-corrected chi connectivity index (χ3v) is 3.75. The average molecular weight is 249 g/mol. The fourth-order valence-corrected chi connectivity index (χ4v) is 2.18. The Kier molecular flexibility index (Phi) is 5.36. The molecule has 0 aliphatic carbocycles. The molecule has 1 aromatic carbocycles. The summed E-state index contributed by atoms with van der Waals surface area (Å²) >= 11 is 0. The van der Waals surface area contributed by atoms with Gasteiger partial charge in [-0.2, -0.15) is 0 Å². The summed E-state index contributed by atoms with van der Waals surface area (Å²) in [7, 11) is 3.82. The Hall–Kier alpha value is -0.860. The molecule has 1 atom stereocenters. The zero-order valence-electron chi connectivity index (χ0n) is 12.6. The minimum absolute atomic E-state index is 0.0488. The Morgan fingerprint density at radius 2 is 1.94 bits per heavy atom. The van der Waals surface area contributed by atoms with Crippen LogP contribution in [0.2, 0.25) is 0 Å². The number of hydrogen-bond acceptors (Lipinski definition) is 2. The van der Waals surface area contributed by atoms with Crippen LogP contribution in [0, 0.1) is 13.8 Å². The summed E-state index contributed by atoms with van der Waals surface area (Å²) in [5.41, 5.74) is 4.04. The molecule has 1 rings (SSSR count). The molecule has 0 fully saturated rings. The van der Waals surface area contributed by atoms with Gasteiger partial charge in [-0.05, 0) is 58.7 Å². The van der Waals surface area contributed by atoms with E-state index in [0.29, 0.717) is 6.04 Å². The largest absolute Gasteiger partial charge is 0.379 e. The predicted molar refractivity (Wildman–Crippen MR) is 78.0 cm³/mol. The van der Waals surface area contributed by atoms with Crippen LogP contribution in [0.25, 0.3) is 0 Å². The van der Waals surface area contributed by atoms with E-state index in [1.165, 1.54) is 16.7 Å². The number of hydrogen-bond donors (Lipinski definition) is 1. The van der Waals surface area contributed by atoms with Crippen molar-refractivity contribution in [3.63, 3.8) is 0 Å². The molecule has 0 saturated carbocycles. The van der Waals surface area contributed by atoms with Crippen molar-refractivity contribution in [1.29, 1.82) is 0 Å². The smallest absolute Gasteiger partial charge is 0.0623 e. The number of rotatable bonds is 6. The van der Waals surface area contributed by atoms with Crippen molar-refractivity contribution in [3.8, 4) is 0 Å². The molecule has 0 aliphatic rings. The van der Waals surface area contributed by atoms with Crippen LogP contribution in [-0.2, 0) is 4.74 Å². The van der Waals surface area contributed by atoms with Crippen LogP contribution in [0.3, 0.4) is 0 Å². The van der Waals surface area contributed by atoms with Crippen molar-refractivity contribution in [3.05, 3.63) is 34.9 Å². The van der Waals surface area contributed by atoms with Gasteiger partial charge in [0.25, 0.3) is 0 Å². The fourth-order valence-electron chi connectivity index (χ4n) is 2.18. The SMILES string of the molecule is CNC(CCC(C)(C)OC)c1cc(C)ccc1C. The van der Waals surface area contributed by atoms with Crippen LogP contribution in [0.15, 0.2) is 18.2 Å². The highest BCUT2D eigenvalue weighted by atomic mass is 16.5. The fraction of sp³-hybridized carbons (Fsp3) is 0.625. The maximum atomic E-state index is 5.49. The summed E-state index contributed by atoms with van der Waals surface area (Å²) in [6.07, 6.45) is 2.13. The van der Waals surface area contributed by atoms with E-state index in [4.69, 9.17) is 4.74 Å². The highest BCUT2D eigenvalue weighted by molar-refractivity contribution is 5.33. The van der Waals surface area contributed by atoms with E-state index in [1.54, 1.807) is 7.11 Å².